The zero-order chi connectivity index (χ0) is 19.4. The third-order valence-electron chi connectivity index (χ3n) is 5.25. The topological polar surface area (TPSA) is 47.5 Å². The molecule has 6 nitrogen and oxygen atoms in total. The van der Waals surface area contributed by atoms with E-state index in [4.69, 9.17) is 0 Å². The van der Waals surface area contributed by atoms with Crippen LogP contribution in [0.2, 0.25) is 0 Å². The minimum atomic E-state index is 0.798. The Morgan fingerprint density at radius 2 is 1.70 bits per heavy atom. The van der Waals surface area contributed by atoms with Gasteiger partial charge in [-0.25, -0.2) is 9.97 Å². The quantitative estimate of drug-likeness (QED) is 0.843. The first kappa shape index (κ1) is 19.4. The lowest BCUT2D eigenvalue weighted by molar-refractivity contribution is 0.312. The SMILES string of the molecule is CCN(CC)c1ccc(Nc2cc(N3CCN(C)CC3)nc(C)n2)c(C)c1. The Kier molecular flexibility index (Phi) is 6.16. The van der Waals surface area contributed by atoms with Crippen LogP contribution in [0.1, 0.15) is 25.2 Å². The predicted octanol–water partition coefficient (Wildman–Crippen LogP) is 3.44. The highest BCUT2D eigenvalue weighted by atomic mass is 15.3. The smallest absolute Gasteiger partial charge is 0.136 e. The van der Waals surface area contributed by atoms with Gasteiger partial charge in [-0.2, -0.15) is 0 Å². The summed E-state index contributed by atoms with van der Waals surface area (Å²) in [6, 6.07) is 8.63. The van der Waals surface area contributed by atoms with Crippen molar-refractivity contribution in [2.45, 2.75) is 27.7 Å². The molecule has 0 atom stereocenters. The number of hydrogen-bond acceptors (Lipinski definition) is 6. The van der Waals surface area contributed by atoms with Crippen molar-refractivity contribution in [1.29, 1.82) is 0 Å². The average Bonchev–Trinajstić information content (AvgIpc) is 2.65. The summed E-state index contributed by atoms with van der Waals surface area (Å²) in [5, 5.41) is 3.50. The van der Waals surface area contributed by atoms with Gasteiger partial charge in [0.05, 0.1) is 0 Å². The van der Waals surface area contributed by atoms with Crippen LogP contribution in [0, 0.1) is 13.8 Å². The molecule has 0 spiro atoms. The molecule has 1 aliphatic heterocycles. The summed E-state index contributed by atoms with van der Waals surface area (Å²) < 4.78 is 0. The summed E-state index contributed by atoms with van der Waals surface area (Å²) in [5.74, 6) is 2.66. The molecule has 6 heteroatoms. The van der Waals surface area contributed by atoms with Gasteiger partial charge in [0.15, 0.2) is 0 Å². The number of aryl methyl sites for hydroxylation is 2. The highest BCUT2D eigenvalue weighted by molar-refractivity contribution is 5.66. The first-order valence-electron chi connectivity index (χ1n) is 9.92. The maximum absolute atomic E-state index is 4.66. The van der Waals surface area contributed by atoms with E-state index in [9.17, 15) is 0 Å². The molecule has 0 bridgehead atoms. The van der Waals surface area contributed by atoms with Gasteiger partial charge in [-0.15, -0.1) is 0 Å². The lowest BCUT2D eigenvalue weighted by Gasteiger charge is -2.33. The van der Waals surface area contributed by atoms with Gasteiger partial charge in [0.25, 0.3) is 0 Å². The fourth-order valence-electron chi connectivity index (χ4n) is 3.53. The standard InChI is InChI=1S/C21H32N6/c1-6-26(7-2)18-8-9-19(16(3)14-18)24-20-15-21(23-17(4)22-20)27-12-10-25(5)11-13-27/h8-9,14-15H,6-7,10-13H2,1-5H3,(H,22,23,24). The number of benzene rings is 1. The van der Waals surface area contributed by atoms with Crippen molar-refractivity contribution in [2.24, 2.45) is 0 Å². The zero-order valence-corrected chi connectivity index (χ0v) is 17.3. The molecule has 0 saturated carbocycles. The van der Waals surface area contributed by atoms with Crippen molar-refractivity contribution < 1.29 is 0 Å². The van der Waals surface area contributed by atoms with Crippen molar-refractivity contribution in [3.63, 3.8) is 0 Å². The monoisotopic (exact) mass is 368 g/mol. The largest absolute Gasteiger partial charge is 0.372 e. The van der Waals surface area contributed by atoms with Gasteiger partial charge >= 0.3 is 0 Å². The molecule has 0 radical (unpaired) electrons. The molecule has 0 unspecified atom stereocenters. The van der Waals surface area contributed by atoms with Crippen LogP contribution in [0.5, 0.6) is 0 Å². The second kappa shape index (κ2) is 8.57. The highest BCUT2D eigenvalue weighted by Crippen LogP contribution is 2.26. The van der Waals surface area contributed by atoms with E-state index in [0.717, 1.165) is 62.4 Å². The van der Waals surface area contributed by atoms with Crippen molar-refractivity contribution in [3.05, 3.63) is 35.7 Å². The Bertz CT molecular complexity index is 763. The fourth-order valence-corrected chi connectivity index (χ4v) is 3.53. The van der Waals surface area contributed by atoms with Gasteiger partial charge < -0.3 is 20.0 Å². The zero-order valence-electron chi connectivity index (χ0n) is 17.3. The maximum atomic E-state index is 4.66. The summed E-state index contributed by atoms with van der Waals surface area (Å²) in [4.78, 5) is 16.3. The minimum Gasteiger partial charge on any atom is -0.372 e. The average molecular weight is 369 g/mol. The molecule has 2 aromatic rings. The normalized spacial score (nSPS) is 15.1. The molecule has 1 aliphatic rings. The summed E-state index contributed by atoms with van der Waals surface area (Å²) >= 11 is 0. The molecule has 1 fully saturated rings. The van der Waals surface area contributed by atoms with Gasteiger partial charge in [0, 0.05) is 56.7 Å². The van der Waals surface area contributed by atoms with Gasteiger partial charge in [-0.1, -0.05) is 0 Å². The molecule has 2 heterocycles. The van der Waals surface area contributed by atoms with Crippen LogP contribution in [0.4, 0.5) is 23.0 Å². The van der Waals surface area contributed by atoms with Crippen LogP contribution in [0.15, 0.2) is 24.3 Å². The second-order valence-electron chi connectivity index (χ2n) is 7.25. The number of nitrogens with zero attached hydrogens (tertiary/aromatic N) is 5. The van der Waals surface area contributed by atoms with E-state index >= 15 is 0 Å². The van der Waals surface area contributed by atoms with Crippen LogP contribution in [-0.4, -0.2) is 61.2 Å². The summed E-state index contributed by atoms with van der Waals surface area (Å²) in [6.45, 7) is 14.7. The van der Waals surface area contributed by atoms with Crippen LogP contribution >= 0.6 is 0 Å². The first-order valence-corrected chi connectivity index (χ1v) is 9.92. The van der Waals surface area contributed by atoms with Crippen molar-refractivity contribution >= 4 is 23.0 Å². The van der Waals surface area contributed by atoms with Crippen LogP contribution in [0.3, 0.4) is 0 Å². The molecule has 0 aliphatic carbocycles. The number of hydrogen-bond donors (Lipinski definition) is 1. The Morgan fingerprint density at radius 1 is 1.00 bits per heavy atom. The van der Waals surface area contributed by atoms with Crippen LogP contribution < -0.4 is 15.1 Å². The molecule has 1 aromatic carbocycles. The maximum Gasteiger partial charge on any atom is 0.136 e. The van der Waals surface area contributed by atoms with Crippen molar-refractivity contribution in [3.8, 4) is 0 Å². The summed E-state index contributed by atoms with van der Waals surface area (Å²) in [6.07, 6.45) is 0. The minimum absolute atomic E-state index is 0.798. The van der Waals surface area contributed by atoms with Gasteiger partial charge in [-0.05, 0) is 58.5 Å². The second-order valence-corrected chi connectivity index (χ2v) is 7.25. The van der Waals surface area contributed by atoms with Crippen LogP contribution in [-0.2, 0) is 0 Å². The molecule has 0 amide bonds. The molecule has 27 heavy (non-hydrogen) atoms. The van der Waals surface area contributed by atoms with Crippen LogP contribution in [0.25, 0.3) is 0 Å². The number of likely N-dealkylation sites (N-methyl/N-ethyl adjacent to an activating group) is 1. The Balaban J connectivity index is 1.79. The van der Waals surface area contributed by atoms with E-state index in [1.165, 1.54) is 11.3 Å². The van der Waals surface area contributed by atoms with E-state index in [2.05, 4.69) is 82.1 Å². The number of rotatable bonds is 6. The van der Waals surface area contributed by atoms with E-state index in [0.29, 0.717) is 0 Å². The van der Waals surface area contributed by atoms with E-state index in [1.54, 1.807) is 0 Å². The third kappa shape index (κ3) is 4.69. The highest BCUT2D eigenvalue weighted by Gasteiger charge is 2.17. The third-order valence-corrected chi connectivity index (χ3v) is 5.25. The Labute approximate surface area is 163 Å². The van der Waals surface area contributed by atoms with Gasteiger partial charge in [-0.3, -0.25) is 0 Å². The number of anilines is 4. The molecule has 1 saturated heterocycles. The Morgan fingerprint density at radius 3 is 2.33 bits per heavy atom. The fraction of sp³-hybridized carbons (Fsp3) is 0.524. The van der Waals surface area contributed by atoms with E-state index in [1.807, 2.05) is 6.92 Å². The molecular weight excluding hydrogens is 336 g/mol. The predicted molar refractivity (Wildman–Crippen MR) is 115 cm³/mol. The van der Waals surface area contributed by atoms with Gasteiger partial charge in [0.1, 0.15) is 17.5 Å². The molecule has 146 valence electrons. The van der Waals surface area contributed by atoms with Crippen molar-refractivity contribution in [2.75, 3.05) is 61.4 Å². The molecule has 1 aromatic heterocycles. The van der Waals surface area contributed by atoms with E-state index in [-0.39, 0.29) is 0 Å². The number of nitrogens with one attached hydrogen (secondary N) is 1. The number of piperazine rings is 1. The first-order chi connectivity index (χ1) is 13.0. The van der Waals surface area contributed by atoms with E-state index < -0.39 is 0 Å². The van der Waals surface area contributed by atoms with Gasteiger partial charge in [0.2, 0.25) is 0 Å². The lowest BCUT2D eigenvalue weighted by Crippen LogP contribution is -2.44. The Hall–Kier alpha value is -2.34. The van der Waals surface area contributed by atoms with Crippen molar-refractivity contribution in [1.82, 2.24) is 14.9 Å². The summed E-state index contributed by atoms with van der Waals surface area (Å²) in [7, 11) is 2.17. The number of aromatic nitrogens is 2. The molecule has 3 rings (SSSR count). The molecule has 1 N–H and O–H groups in total. The lowest BCUT2D eigenvalue weighted by atomic mass is 10.1. The summed E-state index contributed by atoms with van der Waals surface area (Å²) in [5.41, 5.74) is 3.57. The molecular formula is C21H32N6.